The van der Waals surface area contributed by atoms with E-state index in [4.69, 9.17) is 10.8 Å². The summed E-state index contributed by atoms with van der Waals surface area (Å²) in [5.74, 6) is -0.516. The molecule has 10 heavy (non-hydrogen) atoms. The molecule has 1 aliphatic carbocycles. The van der Waals surface area contributed by atoms with Gasteiger partial charge in [-0.15, -0.1) is 0 Å². The first-order chi connectivity index (χ1) is 4.72. The summed E-state index contributed by atoms with van der Waals surface area (Å²) in [6.07, 6.45) is 3.86. The molecule has 3 heteroatoms. The molecule has 1 aliphatic rings. The Balaban J connectivity index is 2.39. The molecule has 0 aromatic rings. The van der Waals surface area contributed by atoms with Gasteiger partial charge in [0.15, 0.2) is 0 Å². The average Bonchev–Trinajstić information content (AvgIpc) is 2.36. The van der Waals surface area contributed by atoms with Gasteiger partial charge in [-0.05, 0) is 31.6 Å². The third-order valence-electron chi connectivity index (χ3n) is 1.95. The third-order valence-corrected chi connectivity index (χ3v) is 1.95. The van der Waals surface area contributed by atoms with E-state index in [0.717, 1.165) is 19.3 Å². The van der Waals surface area contributed by atoms with Gasteiger partial charge in [0.1, 0.15) is 6.10 Å². The number of hydrogen-bond acceptors (Lipinski definition) is 2. The van der Waals surface area contributed by atoms with Gasteiger partial charge >= 0.3 is 0 Å². The van der Waals surface area contributed by atoms with Gasteiger partial charge in [-0.25, -0.2) is 0 Å². The number of hydrogen-bond donors (Lipinski definition) is 2. The monoisotopic (exact) mass is 142 g/mol. The van der Waals surface area contributed by atoms with Gasteiger partial charge in [0, 0.05) is 0 Å². The van der Waals surface area contributed by atoms with Crippen LogP contribution in [0, 0.1) is 12.3 Å². The minimum absolute atomic E-state index is 0.0810. The summed E-state index contributed by atoms with van der Waals surface area (Å²) in [5.41, 5.74) is 4.91. The number of primary amides is 1. The highest BCUT2D eigenvalue weighted by atomic mass is 16.3. The van der Waals surface area contributed by atoms with E-state index in [-0.39, 0.29) is 5.92 Å². The highest BCUT2D eigenvalue weighted by Gasteiger charge is 2.26. The second-order valence-corrected chi connectivity index (χ2v) is 2.71. The molecular weight excluding hydrogens is 130 g/mol. The van der Waals surface area contributed by atoms with E-state index >= 15 is 0 Å². The van der Waals surface area contributed by atoms with Gasteiger partial charge in [0.25, 0.3) is 0 Å². The average molecular weight is 142 g/mol. The lowest BCUT2D eigenvalue weighted by atomic mass is 10.0. The second kappa shape index (κ2) is 3.01. The van der Waals surface area contributed by atoms with E-state index in [1.165, 1.54) is 0 Å². The maximum absolute atomic E-state index is 10.4. The molecule has 2 unspecified atom stereocenters. The molecule has 57 valence electrons. The Morgan fingerprint density at radius 2 is 2.50 bits per heavy atom. The zero-order valence-corrected chi connectivity index (χ0v) is 5.79. The van der Waals surface area contributed by atoms with Crippen LogP contribution in [0.15, 0.2) is 0 Å². The normalized spacial score (nSPS) is 22.9. The smallest absolute Gasteiger partial charge is 0.246 e. The molecule has 2 atom stereocenters. The van der Waals surface area contributed by atoms with Gasteiger partial charge in [0.2, 0.25) is 5.91 Å². The predicted molar refractivity (Wildman–Crippen MR) is 36.8 cm³/mol. The fraction of sp³-hybridized carbons (Fsp3) is 0.714. The Labute approximate surface area is 60.2 Å². The van der Waals surface area contributed by atoms with Crippen LogP contribution in [-0.2, 0) is 4.79 Å². The molecule has 1 amide bonds. The Bertz CT molecular complexity index is 130. The maximum Gasteiger partial charge on any atom is 0.246 e. The molecule has 0 spiro atoms. The van der Waals surface area contributed by atoms with Crippen LogP contribution in [0.2, 0.25) is 0 Å². The number of amides is 1. The zero-order valence-electron chi connectivity index (χ0n) is 5.79. The quantitative estimate of drug-likeness (QED) is 0.562. The van der Waals surface area contributed by atoms with Crippen molar-refractivity contribution in [2.24, 2.45) is 11.7 Å². The van der Waals surface area contributed by atoms with Crippen LogP contribution in [0.5, 0.6) is 0 Å². The minimum Gasteiger partial charge on any atom is -0.383 e. The fourth-order valence-corrected chi connectivity index (χ4v) is 1.30. The van der Waals surface area contributed by atoms with Gasteiger partial charge in [0.05, 0.1) is 0 Å². The Morgan fingerprint density at radius 3 is 2.90 bits per heavy atom. The van der Waals surface area contributed by atoms with Crippen molar-refractivity contribution in [2.45, 2.75) is 25.4 Å². The fourth-order valence-electron chi connectivity index (χ4n) is 1.30. The molecule has 1 rings (SSSR count). The molecular formula is C7H12NO2. The summed E-state index contributed by atoms with van der Waals surface area (Å²) >= 11 is 0. The van der Waals surface area contributed by atoms with E-state index in [9.17, 15) is 4.79 Å². The van der Waals surface area contributed by atoms with Gasteiger partial charge in [-0.3, -0.25) is 4.79 Å². The molecule has 1 fully saturated rings. The molecule has 3 nitrogen and oxygen atoms in total. The van der Waals surface area contributed by atoms with Crippen LogP contribution in [0.3, 0.4) is 0 Å². The molecule has 0 heterocycles. The van der Waals surface area contributed by atoms with Crippen molar-refractivity contribution in [1.29, 1.82) is 0 Å². The Kier molecular flexibility index (Phi) is 2.27. The van der Waals surface area contributed by atoms with Crippen LogP contribution in [-0.4, -0.2) is 17.1 Å². The van der Waals surface area contributed by atoms with Crippen molar-refractivity contribution in [3.63, 3.8) is 0 Å². The van der Waals surface area contributed by atoms with Gasteiger partial charge in [-0.1, -0.05) is 0 Å². The molecule has 1 radical (unpaired) electrons. The lowest BCUT2D eigenvalue weighted by Gasteiger charge is -2.12. The van der Waals surface area contributed by atoms with Crippen LogP contribution < -0.4 is 5.73 Å². The van der Waals surface area contributed by atoms with E-state index in [0.29, 0.717) is 0 Å². The summed E-state index contributed by atoms with van der Waals surface area (Å²) in [5, 5.41) is 9.13. The summed E-state index contributed by atoms with van der Waals surface area (Å²) < 4.78 is 0. The van der Waals surface area contributed by atoms with E-state index < -0.39 is 12.0 Å². The Hall–Kier alpha value is -0.570. The number of carbonyl (C=O) groups is 1. The predicted octanol–water partition coefficient (Wildman–Crippen LogP) is -0.163. The van der Waals surface area contributed by atoms with E-state index in [1.54, 1.807) is 0 Å². The van der Waals surface area contributed by atoms with Crippen LogP contribution in [0.1, 0.15) is 19.3 Å². The lowest BCUT2D eigenvalue weighted by Crippen LogP contribution is -2.33. The van der Waals surface area contributed by atoms with Crippen molar-refractivity contribution in [3.8, 4) is 0 Å². The molecule has 0 saturated heterocycles. The summed E-state index contributed by atoms with van der Waals surface area (Å²) in [6.45, 7) is 0. The number of aliphatic hydroxyl groups excluding tert-OH is 1. The SMILES string of the molecule is NC(=O)C(O)C1C[CH]CC1. The molecule has 0 aromatic heterocycles. The first kappa shape index (κ1) is 7.54. The topological polar surface area (TPSA) is 63.3 Å². The largest absolute Gasteiger partial charge is 0.383 e. The van der Waals surface area contributed by atoms with Crippen LogP contribution in [0.25, 0.3) is 0 Å². The first-order valence-corrected chi connectivity index (χ1v) is 3.51. The van der Waals surface area contributed by atoms with Crippen LogP contribution in [0.4, 0.5) is 0 Å². The first-order valence-electron chi connectivity index (χ1n) is 3.51. The molecule has 3 N–H and O–H groups in total. The summed E-state index contributed by atoms with van der Waals surface area (Å²) in [7, 11) is 0. The zero-order chi connectivity index (χ0) is 7.56. The highest BCUT2D eigenvalue weighted by molar-refractivity contribution is 5.78. The standard InChI is InChI=1S/C7H12NO2/c8-7(10)6(9)5-3-1-2-4-5/h1,5-6,9H,2-4H2,(H2,8,10). The van der Waals surface area contributed by atoms with Crippen LogP contribution >= 0.6 is 0 Å². The number of carbonyl (C=O) groups excluding carboxylic acids is 1. The third kappa shape index (κ3) is 1.48. The summed E-state index contributed by atoms with van der Waals surface area (Å²) in [4.78, 5) is 10.4. The van der Waals surface area contributed by atoms with Gasteiger partial charge in [-0.2, -0.15) is 0 Å². The van der Waals surface area contributed by atoms with Crippen molar-refractivity contribution in [2.75, 3.05) is 0 Å². The van der Waals surface area contributed by atoms with Crippen molar-refractivity contribution in [1.82, 2.24) is 0 Å². The number of nitrogens with two attached hydrogens (primary N) is 1. The molecule has 0 aromatic carbocycles. The van der Waals surface area contributed by atoms with Gasteiger partial charge < -0.3 is 10.8 Å². The number of aliphatic hydroxyl groups is 1. The maximum atomic E-state index is 10.4. The number of rotatable bonds is 2. The van der Waals surface area contributed by atoms with Crippen molar-refractivity contribution >= 4 is 5.91 Å². The van der Waals surface area contributed by atoms with Crippen molar-refractivity contribution in [3.05, 3.63) is 6.42 Å². The van der Waals surface area contributed by atoms with Crippen molar-refractivity contribution < 1.29 is 9.90 Å². The van der Waals surface area contributed by atoms with E-state index in [2.05, 4.69) is 6.42 Å². The minimum atomic E-state index is -0.932. The Morgan fingerprint density at radius 1 is 1.80 bits per heavy atom. The molecule has 1 saturated carbocycles. The lowest BCUT2D eigenvalue weighted by molar-refractivity contribution is -0.128. The van der Waals surface area contributed by atoms with E-state index in [1.807, 2.05) is 0 Å². The summed E-state index contributed by atoms with van der Waals surface area (Å²) in [6, 6.07) is 0. The second-order valence-electron chi connectivity index (χ2n) is 2.71. The molecule has 0 bridgehead atoms. The molecule has 0 aliphatic heterocycles. The highest BCUT2D eigenvalue weighted by Crippen LogP contribution is 2.26.